The minimum Gasteiger partial charge on any atom is -0.316 e. The molecule has 0 bridgehead atoms. The molecule has 1 saturated heterocycles. The van der Waals surface area contributed by atoms with E-state index in [1.54, 1.807) is 0 Å². The van der Waals surface area contributed by atoms with Gasteiger partial charge in [0.05, 0.1) is 0 Å². The van der Waals surface area contributed by atoms with Crippen molar-refractivity contribution in [1.29, 1.82) is 0 Å². The molecule has 18 heavy (non-hydrogen) atoms. The third kappa shape index (κ3) is 3.84. The summed E-state index contributed by atoms with van der Waals surface area (Å²) < 4.78 is 0. The van der Waals surface area contributed by atoms with Crippen LogP contribution in [0.4, 0.5) is 5.82 Å². The predicted octanol–water partition coefficient (Wildman–Crippen LogP) is 1.69. The molecule has 3 N–H and O–H groups in total. The van der Waals surface area contributed by atoms with Crippen molar-refractivity contribution in [1.82, 2.24) is 15.5 Å². The number of piperidine rings is 1. The summed E-state index contributed by atoms with van der Waals surface area (Å²) in [5, 5.41) is 13.1. The molecule has 0 aliphatic carbocycles. The lowest BCUT2D eigenvalue weighted by atomic mass is 9.94. The number of nitrogens with zero attached hydrogens (tertiary/aromatic N) is 1. The second-order valence-corrected chi connectivity index (χ2v) is 4.93. The van der Waals surface area contributed by atoms with Gasteiger partial charge in [-0.1, -0.05) is 6.92 Å². The number of aromatic amines is 1. The van der Waals surface area contributed by atoms with Crippen LogP contribution in [-0.2, 0) is 11.2 Å². The van der Waals surface area contributed by atoms with Gasteiger partial charge in [-0.05, 0) is 44.7 Å². The number of rotatable bonds is 5. The smallest absolute Gasteiger partial charge is 0.225 e. The van der Waals surface area contributed by atoms with Crippen LogP contribution in [0.1, 0.15) is 38.3 Å². The Labute approximate surface area is 108 Å². The van der Waals surface area contributed by atoms with Crippen LogP contribution >= 0.6 is 0 Å². The lowest BCUT2D eigenvalue weighted by molar-refractivity contribution is -0.116. The number of carbonyl (C=O) groups is 1. The first-order valence-corrected chi connectivity index (χ1v) is 6.82. The second-order valence-electron chi connectivity index (χ2n) is 4.93. The number of carbonyl (C=O) groups excluding carboxylic acids is 1. The molecule has 0 aromatic carbocycles. The molecule has 1 aliphatic heterocycles. The molecule has 1 aromatic heterocycles. The highest BCUT2D eigenvalue weighted by Gasteiger charge is 2.14. The molecule has 1 aromatic rings. The number of hydrogen-bond donors (Lipinski definition) is 3. The maximum Gasteiger partial charge on any atom is 0.225 e. The van der Waals surface area contributed by atoms with Gasteiger partial charge in [0.15, 0.2) is 5.82 Å². The normalized spacial score (nSPS) is 19.7. The second kappa shape index (κ2) is 6.54. The zero-order chi connectivity index (χ0) is 12.8. The molecule has 2 heterocycles. The van der Waals surface area contributed by atoms with Gasteiger partial charge in [-0.3, -0.25) is 9.89 Å². The van der Waals surface area contributed by atoms with Gasteiger partial charge in [-0.25, -0.2) is 0 Å². The van der Waals surface area contributed by atoms with Gasteiger partial charge in [0.1, 0.15) is 0 Å². The molecule has 1 amide bonds. The van der Waals surface area contributed by atoms with Crippen molar-refractivity contribution in [2.24, 2.45) is 5.92 Å². The fourth-order valence-electron chi connectivity index (χ4n) is 2.32. The Kier molecular flexibility index (Phi) is 4.75. The predicted molar refractivity (Wildman–Crippen MR) is 71.4 cm³/mol. The van der Waals surface area contributed by atoms with Crippen molar-refractivity contribution >= 4 is 11.7 Å². The van der Waals surface area contributed by atoms with Crippen LogP contribution in [0, 0.1) is 5.92 Å². The molecule has 0 saturated carbocycles. The first-order chi connectivity index (χ1) is 8.78. The molecule has 2 rings (SSSR count). The van der Waals surface area contributed by atoms with E-state index in [9.17, 15) is 4.79 Å². The number of hydrogen-bond acceptors (Lipinski definition) is 3. The van der Waals surface area contributed by atoms with Gasteiger partial charge in [0, 0.05) is 18.2 Å². The zero-order valence-electron chi connectivity index (χ0n) is 11.0. The minimum atomic E-state index is 0.0646. The molecule has 1 atom stereocenters. The van der Waals surface area contributed by atoms with E-state index in [1.165, 1.54) is 12.8 Å². The fourth-order valence-corrected chi connectivity index (χ4v) is 2.32. The summed E-state index contributed by atoms with van der Waals surface area (Å²) in [7, 11) is 0. The minimum absolute atomic E-state index is 0.0646. The van der Waals surface area contributed by atoms with Crippen LogP contribution in [0.5, 0.6) is 0 Å². The summed E-state index contributed by atoms with van der Waals surface area (Å²) >= 11 is 0. The quantitative estimate of drug-likeness (QED) is 0.745. The zero-order valence-corrected chi connectivity index (χ0v) is 11.0. The molecule has 1 fully saturated rings. The third-order valence-electron chi connectivity index (χ3n) is 3.46. The first kappa shape index (κ1) is 13.1. The average Bonchev–Trinajstić information content (AvgIpc) is 2.85. The van der Waals surface area contributed by atoms with Crippen LogP contribution in [-0.4, -0.2) is 29.2 Å². The van der Waals surface area contributed by atoms with Crippen molar-refractivity contribution < 1.29 is 4.79 Å². The summed E-state index contributed by atoms with van der Waals surface area (Å²) in [6, 6.07) is 1.89. The molecule has 5 nitrogen and oxygen atoms in total. The average molecular weight is 250 g/mol. The summed E-state index contributed by atoms with van der Waals surface area (Å²) in [6.45, 7) is 4.22. The number of amides is 1. The van der Waals surface area contributed by atoms with Gasteiger partial charge < -0.3 is 10.6 Å². The Bertz CT molecular complexity index is 382. The van der Waals surface area contributed by atoms with E-state index in [0.717, 1.165) is 31.6 Å². The monoisotopic (exact) mass is 250 g/mol. The third-order valence-corrected chi connectivity index (χ3v) is 3.46. The SMILES string of the molecule is CCc1cc(NC(=O)CCC2CCCNC2)n[nH]1. The topological polar surface area (TPSA) is 69.8 Å². The summed E-state index contributed by atoms with van der Waals surface area (Å²) in [6.07, 6.45) is 4.91. The van der Waals surface area contributed by atoms with Crippen LogP contribution in [0.25, 0.3) is 0 Å². The van der Waals surface area contributed by atoms with Crippen molar-refractivity contribution in [2.45, 2.75) is 39.0 Å². The summed E-state index contributed by atoms with van der Waals surface area (Å²) in [5.74, 6) is 1.35. The Hall–Kier alpha value is -1.36. The lowest BCUT2D eigenvalue weighted by Crippen LogP contribution is -2.30. The molecule has 100 valence electrons. The van der Waals surface area contributed by atoms with Crippen molar-refractivity contribution in [2.75, 3.05) is 18.4 Å². The van der Waals surface area contributed by atoms with Crippen molar-refractivity contribution in [3.8, 4) is 0 Å². The Morgan fingerprint density at radius 2 is 2.50 bits per heavy atom. The van der Waals surface area contributed by atoms with E-state index >= 15 is 0 Å². The molecule has 1 aliphatic rings. The number of anilines is 1. The van der Waals surface area contributed by atoms with Gasteiger partial charge in [0.2, 0.25) is 5.91 Å². The highest BCUT2D eigenvalue weighted by atomic mass is 16.1. The van der Waals surface area contributed by atoms with Crippen molar-refractivity contribution in [3.63, 3.8) is 0 Å². The number of aromatic nitrogens is 2. The molecular formula is C13H22N4O. The standard InChI is InChI=1S/C13H22N4O/c1-2-11-8-12(17-16-11)15-13(18)6-5-10-4-3-7-14-9-10/h8,10,14H,2-7,9H2,1H3,(H2,15,16,17,18). The molecule has 5 heteroatoms. The van der Waals surface area contributed by atoms with Crippen LogP contribution in [0.3, 0.4) is 0 Å². The van der Waals surface area contributed by atoms with Gasteiger partial charge in [-0.15, -0.1) is 0 Å². The molecule has 0 spiro atoms. The van der Waals surface area contributed by atoms with E-state index < -0.39 is 0 Å². The first-order valence-electron chi connectivity index (χ1n) is 6.82. The Balaban J connectivity index is 1.71. The van der Waals surface area contributed by atoms with Gasteiger partial charge >= 0.3 is 0 Å². The van der Waals surface area contributed by atoms with Crippen molar-refractivity contribution in [3.05, 3.63) is 11.8 Å². The van der Waals surface area contributed by atoms with Gasteiger partial charge in [-0.2, -0.15) is 5.10 Å². The van der Waals surface area contributed by atoms with E-state index in [2.05, 4.69) is 27.8 Å². The molecule has 0 radical (unpaired) electrons. The number of nitrogens with one attached hydrogen (secondary N) is 3. The van der Waals surface area contributed by atoms with E-state index in [4.69, 9.17) is 0 Å². The van der Waals surface area contributed by atoms with Crippen LogP contribution in [0.2, 0.25) is 0 Å². The molecule has 1 unspecified atom stereocenters. The molecular weight excluding hydrogens is 228 g/mol. The van der Waals surface area contributed by atoms with Crippen LogP contribution in [0.15, 0.2) is 6.07 Å². The highest BCUT2D eigenvalue weighted by molar-refractivity contribution is 5.89. The Morgan fingerprint density at radius 1 is 1.61 bits per heavy atom. The van der Waals surface area contributed by atoms with E-state index in [0.29, 0.717) is 18.2 Å². The van der Waals surface area contributed by atoms with Gasteiger partial charge in [0.25, 0.3) is 0 Å². The van der Waals surface area contributed by atoms with Crippen LogP contribution < -0.4 is 10.6 Å². The Morgan fingerprint density at radius 3 is 3.17 bits per heavy atom. The maximum atomic E-state index is 11.8. The summed E-state index contributed by atoms with van der Waals surface area (Å²) in [4.78, 5) is 11.8. The maximum absolute atomic E-state index is 11.8. The number of aryl methyl sites for hydroxylation is 1. The van der Waals surface area contributed by atoms with E-state index in [1.807, 2.05) is 6.07 Å². The number of H-pyrrole nitrogens is 1. The summed E-state index contributed by atoms with van der Waals surface area (Å²) in [5.41, 5.74) is 1.04. The van der Waals surface area contributed by atoms with E-state index in [-0.39, 0.29) is 5.91 Å². The fraction of sp³-hybridized carbons (Fsp3) is 0.692. The lowest BCUT2D eigenvalue weighted by Gasteiger charge is -2.22. The largest absolute Gasteiger partial charge is 0.316 e. The highest BCUT2D eigenvalue weighted by Crippen LogP contribution is 2.16.